The Balaban J connectivity index is 2.48. The van der Waals surface area contributed by atoms with Gasteiger partial charge in [-0.2, -0.15) is 0 Å². The summed E-state index contributed by atoms with van der Waals surface area (Å²) in [6, 6.07) is 5.08. The lowest BCUT2D eigenvalue weighted by Gasteiger charge is -2.09. The quantitative estimate of drug-likeness (QED) is 0.867. The summed E-state index contributed by atoms with van der Waals surface area (Å²) in [5.41, 5.74) is 0.794. The molecule has 0 saturated carbocycles. The molecule has 2 N–H and O–H groups in total. The van der Waals surface area contributed by atoms with Crippen LogP contribution >= 0.6 is 23.2 Å². The highest BCUT2D eigenvalue weighted by atomic mass is 35.5. The van der Waals surface area contributed by atoms with E-state index in [1.165, 1.54) is 0 Å². The third-order valence-corrected chi connectivity index (χ3v) is 3.09. The summed E-state index contributed by atoms with van der Waals surface area (Å²) in [5, 5.41) is 12.9. The summed E-state index contributed by atoms with van der Waals surface area (Å²) in [6.45, 7) is 2.13. The van der Waals surface area contributed by atoms with Crippen LogP contribution < -0.4 is 5.32 Å². The van der Waals surface area contributed by atoms with Crippen LogP contribution in [0.2, 0.25) is 10.0 Å². The van der Waals surface area contributed by atoms with E-state index in [2.05, 4.69) is 5.32 Å². The summed E-state index contributed by atoms with van der Waals surface area (Å²) in [4.78, 5) is 11.5. The molecule has 5 heteroatoms. The minimum atomic E-state index is -0.493. The molecule has 0 aliphatic heterocycles. The maximum absolute atomic E-state index is 11.5. The molecule has 17 heavy (non-hydrogen) atoms. The molecule has 0 saturated heterocycles. The van der Waals surface area contributed by atoms with Gasteiger partial charge in [-0.3, -0.25) is 4.79 Å². The summed E-state index contributed by atoms with van der Waals surface area (Å²) >= 11 is 11.6. The van der Waals surface area contributed by atoms with Crippen LogP contribution in [0.15, 0.2) is 18.2 Å². The van der Waals surface area contributed by atoms with Gasteiger partial charge >= 0.3 is 0 Å². The predicted octanol–water partition coefficient (Wildman–Crippen LogP) is 2.42. The zero-order valence-electron chi connectivity index (χ0n) is 9.54. The molecular weight excluding hydrogens is 261 g/mol. The van der Waals surface area contributed by atoms with Crippen LogP contribution in [0.4, 0.5) is 0 Å². The SMILES string of the molecule is CCC(O)CNC(=O)Cc1ccc(Cl)c(Cl)c1. The highest BCUT2D eigenvalue weighted by Crippen LogP contribution is 2.22. The number of carbonyl (C=O) groups is 1. The van der Waals surface area contributed by atoms with Crippen molar-refractivity contribution >= 4 is 29.1 Å². The van der Waals surface area contributed by atoms with E-state index in [1.807, 2.05) is 6.92 Å². The molecule has 1 amide bonds. The first-order valence-electron chi connectivity index (χ1n) is 5.41. The van der Waals surface area contributed by atoms with Gasteiger partial charge in [0.25, 0.3) is 0 Å². The van der Waals surface area contributed by atoms with E-state index in [0.29, 0.717) is 16.5 Å². The van der Waals surface area contributed by atoms with E-state index >= 15 is 0 Å². The fraction of sp³-hybridized carbons (Fsp3) is 0.417. The molecule has 1 unspecified atom stereocenters. The molecule has 0 fully saturated rings. The summed E-state index contributed by atoms with van der Waals surface area (Å²) in [7, 11) is 0. The average molecular weight is 276 g/mol. The molecule has 1 aromatic carbocycles. The first-order valence-corrected chi connectivity index (χ1v) is 6.17. The minimum Gasteiger partial charge on any atom is -0.391 e. The van der Waals surface area contributed by atoms with Crippen LogP contribution in [0.3, 0.4) is 0 Å². The van der Waals surface area contributed by atoms with Gasteiger partial charge in [0.1, 0.15) is 0 Å². The monoisotopic (exact) mass is 275 g/mol. The van der Waals surface area contributed by atoms with Gasteiger partial charge in [-0.25, -0.2) is 0 Å². The third kappa shape index (κ3) is 4.94. The molecule has 0 heterocycles. The van der Waals surface area contributed by atoms with Gasteiger partial charge in [-0.1, -0.05) is 36.2 Å². The van der Waals surface area contributed by atoms with Crippen molar-refractivity contribution in [3.05, 3.63) is 33.8 Å². The smallest absolute Gasteiger partial charge is 0.224 e. The van der Waals surface area contributed by atoms with Crippen molar-refractivity contribution in [2.75, 3.05) is 6.54 Å². The Bertz CT molecular complexity index is 396. The van der Waals surface area contributed by atoms with E-state index in [9.17, 15) is 9.90 Å². The van der Waals surface area contributed by atoms with Crippen molar-refractivity contribution in [3.63, 3.8) is 0 Å². The molecule has 0 spiro atoms. The maximum Gasteiger partial charge on any atom is 0.224 e. The van der Waals surface area contributed by atoms with Gasteiger partial charge in [-0.15, -0.1) is 0 Å². The number of rotatable bonds is 5. The van der Waals surface area contributed by atoms with Gasteiger partial charge < -0.3 is 10.4 Å². The molecule has 0 aliphatic rings. The van der Waals surface area contributed by atoms with Gasteiger partial charge in [0.15, 0.2) is 0 Å². The summed E-state index contributed by atoms with van der Waals surface area (Å²) in [6.07, 6.45) is 0.355. The molecule has 0 aliphatic carbocycles. The van der Waals surface area contributed by atoms with Crippen molar-refractivity contribution < 1.29 is 9.90 Å². The van der Waals surface area contributed by atoms with Gasteiger partial charge in [0, 0.05) is 6.54 Å². The zero-order chi connectivity index (χ0) is 12.8. The fourth-order valence-electron chi connectivity index (χ4n) is 1.27. The molecule has 0 aromatic heterocycles. The molecule has 1 atom stereocenters. The van der Waals surface area contributed by atoms with Crippen LogP contribution in [0.5, 0.6) is 0 Å². The lowest BCUT2D eigenvalue weighted by atomic mass is 10.1. The van der Waals surface area contributed by atoms with Gasteiger partial charge in [0.2, 0.25) is 5.91 Å². The zero-order valence-corrected chi connectivity index (χ0v) is 11.1. The van der Waals surface area contributed by atoms with Crippen LogP contribution in [0.25, 0.3) is 0 Å². The van der Waals surface area contributed by atoms with Gasteiger partial charge in [-0.05, 0) is 24.1 Å². The topological polar surface area (TPSA) is 49.3 Å². The van der Waals surface area contributed by atoms with E-state index in [1.54, 1.807) is 18.2 Å². The molecule has 0 bridgehead atoms. The second kappa shape index (κ2) is 6.84. The maximum atomic E-state index is 11.5. The number of benzene rings is 1. The molecular formula is C12H15Cl2NO2. The normalized spacial score (nSPS) is 12.2. The Morgan fingerprint density at radius 3 is 2.71 bits per heavy atom. The lowest BCUT2D eigenvalue weighted by molar-refractivity contribution is -0.120. The van der Waals surface area contributed by atoms with E-state index < -0.39 is 6.10 Å². The minimum absolute atomic E-state index is 0.143. The molecule has 1 rings (SSSR count). The van der Waals surface area contributed by atoms with E-state index in [4.69, 9.17) is 23.2 Å². The van der Waals surface area contributed by atoms with Crippen LogP contribution in [0.1, 0.15) is 18.9 Å². The Morgan fingerprint density at radius 1 is 1.41 bits per heavy atom. The number of aliphatic hydroxyl groups excluding tert-OH is 1. The van der Waals surface area contributed by atoms with Crippen molar-refractivity contribution in [3.8, 4) is 0 Å². The lowest BCUT2D eigenvalue weighted by Crippen LogP contribution is -2.32. The highest BCUT2D eigenvalue weighted by Gasteiger charge is 2.07. The number of hydrogen-bond donors (Lipinski definition) is 2. The average Bonchev–Trinajstić information content (AvgIpc) is 2.31. The largest absolute Gasteiger partial charge is 0.391 e. The van der Waals surface area contributed by atoms with E-state index in [-0.39, 0.29) is 18.9 Å². The van der Waals surface area contributed by atoms with Crippen molar-refractivity contribution in [2.45, 2.75) is 25.9 Å². The van der Waals surface area contributed by atoms with E-state index in [0.717, 1.165) is 5.56 Å². The van der Waals surface area contributed by atoms with Crippen LogP contribution in [0, 0.1) is 0 Å². The Hall–Kier alpha value is -0.770. The standard InChI is InChI=1S/C12H15Cl2NO2/c1-2-9(16)7-15-12(17)6-8-3-4-10(13)11(14)5-8/h3-5,9,16H,2,6-7H2,1H3,(H,15,17). The number of amides is 1. The Kier molecular flexibility index (Phi) is 5.75. The summed E-state index contributed by atoms with van der Waals surface area (Å²) < 4.78 is 0. The number of hydrogen-bond acceptors (Lipinski definition) is 2. The number of halogens is 2. The Morgan fingerprint density at radius 2 is 2.12 bits per heavy atom. The highest BCUT2D eigenvalue weighted by molar-refractivity contribution is 6.42. The molecule has 0 radical (unpaired) electrons. The second-order valence-corrected chi connectivity index (χ2v) is 4.61. The van der Waals surface area contributed by atoms with Crippen molar-refractivity contribution in [1.29, 1.82) is 0 Å². The molecule has 1 aromatic rings. The van der Waals surface area contributed by atoms with Gasteiger partial charge in [0.05, 0.1) is 22.6 Å². The van der Waals surface area contributed by atoms with Crippen LogP contribution in [-0.2, 0) is 11.2 Å². The third-order valence-electron chi connectivity index (χ3n) is 2.35. The molecule has 3 nitrogen and oxygen atoms in total. The predicted molar refractivity (Wildman–Crippen MR) is 69.5 cm³/mol. The summed E-state index contributed by atoms with van der Waals surface area (Å²) in [5.74, 6) is -0.143. The fourth-order valence-corrected chi connectivity index (χ4v) is 1.59. The van der Waals surface area contributed by atoms with Crippen molar-refractivity contribution in [1.82, 2.24) is 5.32 Å². The second-order valence-electron chi connectivity index (χ2n) is 3.79. The Labute approximate surface area is 111 Å². The van der Waals surface area contributed by atoms with Crippen molar-refractivity contribution in [2.24, 2.45) is 0 Å². The number of carbonyl (C=O) groups excluding carboxylic acids is 1. The first-order chi connectivity index (χ1) is 8.02. The molecule has 94 valence electrons. The first kappa shape index (κ1) is 14.3. The van der Waals surface area contributed by atoms with Crippen LogP contribution in [-0.4, -0.2) is 23.7 Å². The number of aliphatic hydroxyl groups is 1. The number of nitrogens with one attached hydrogen (secondary N) is 1.